The van der Waals surface area contributed by atoms with Crippen molar-refractivity contribution in [3.05, 3.63) is 107 Å². The predicted molar refractivity (Wildman–Crippen MR) is 121 cm³/mol. The molecule has 4 aromatic rings. The number of nitrogens with one attached hydrogen (secondary N) is 2. The highest BCUT2D eigenvalue weighted by molar-refractivity contribution is 6.08. The maximum Gasteiger partial charge on any atom is 0.251 e. The second kappa shape index (κ2) is 8.17. The second-order valence-corrected chi connectivity index (χ2v) is 7.92. The molecule has 2 heterocycles. The standard InChI is InChI=1S/C26H25N3O/c30-26-22-12-7-13-24-25(22)23(18-29(24)17-20-10-5-2-6-11-20)21(16-28-26)15-27-14-19-8-3-1-4-9-19/h1-13,18,21,27H,14-17H2,(H,28,30). The Labute approximate surface area is 176 Å². The number of rotatable bonds is 6. The van der Waals surface area contributed by atoms with E-state index in [1.165, 1.54) is 16.7 Å². The first-order chi connectivity index (χ1) is 14.8. The SMILES string of the molecule is O=C1NCC(CNCc2ccccc2)c2cn(Cc3ccccc3)c3cccc1c23. The molecule has 0 bridgehead atoms. The lowest BCUT2D eigenvalue weighted by Gasteiger charge is -2.16. The number of hydrogen-bond acceptors (Lipinski definition) is 2. The summed E-state index contributed by atoms with van der Waals surface area (Å²) in [6.45, 7) is 3.07. The number of amides is 1. The molecule has 0 aliphatic carbocycles. The zero-order chi connectivity index (χ0) is 20.3. The molecule has 2 N–H and O–H groups in total. The van der Waals surface area contributed by atoms with Crippen LogP contribution in [0.5, 0.6) is 0 Å². The average molecular weight is 396 g/mol. The van der Waals surface area contributed by atoms with Crippen molar-refractivity contribution in [2.75, 3.05) is 13.1 Å². The van der Waals surface area contributed by atoms with Gasteiger partial charge in [-0.3, -0.25) is 4.79 Å². The Morgan fingerprint density at radius 3 is 2.40 bits per heavy atom. The van der Waals surface area contributed by atoms with Crippen molar-refractivity contribution in [3.63, 3.8) is 0 Å². The molecule has 1 unspecified atom stereocenters. The smallest absolute Gasteiger partial charge is 0.251 e. The number of benzene rings is 3. The van der Waals surface area contributed by atoms with Gasteiger partial charge in [0.15, 0.2) is 0 Å². The maximum absolute atomic E-state index is 12.8. The molecule has 150 valence electrons. The molecule has 1 atom stereocenters. The lowest BCUT2D eigenvalue weighted by atomic mass is 9.97. The molecule has 4 heteroatoms. The maximum atomic E-state index is 12.8. The zero-order valence-electron chi connectivity index (χ0n) is 16.8. The summed E-state index contributed by atoms with van der Waals surface area (Å²) in [5, 5.41) is 7.80. The van der Waals surface area contributed by atoms with Crippen LogP contribution in [0.4, 0.5) is 0 Å². The quantitative estimate of drug-likeness (QED) is 0.511. The fourth-order valence-corrected chi connectivity index (χ4v) is 4.38. The van der Waals surface area contributed by atoms with Crippen LogP contribution in [-0.4, -0.2) is 23.6 Å². The highest BCUT2D eigenvalue weighted by Gasteiger charge is 2.26. The van der Waals surface area contributed by atoms with Crippen LogP contribution in [0.25, 0.3) is 10.9 Å². The van der Waals surface area contributed by atoms with Gasteiger partial charge in [-0.1, -0.05) is 66.7 Å². The van der Waals surface area contributed by atoms with E-state index in [0.29, 0.717) is 6.54 Å². The van der Waals surface area contributed by atoms with E-state index in [1.54, 1.807) is 0 Å². The van der Waals surface area contributed by atoms with Crippen LogP contribution in [0.2, 0.25) is 0 Å². The topological polar surface area (TPSA) is 46.1 Å². The molecule has 1 aliphatic heterocycles. The van der Waals surface area contributed by atoms with E-state index in [4.69, 9.17) is 0 Å². The van der Waals surface area contributed by atoms with E-state index in [-0.39, 0.29) is 11.8 Å². The van der Waals surface area contributed by atoms with Gasteiger partial charge in [0.2, 0.25) is 0 Å². The Balaban J connectivity index is 1.47. The Morgan fingerprint density at radius 1 is 0.900 bits per heavy atom. The molecule has 0 radical (unpaired) electrons. The van der Waals surface area contributed by atoms with Gasteiger partial charge in [-0.05, 0) is 28.8 Å². The van der Waals surface area contributed by atoms with E-state index in [2.05, 4.69) is 76.0 Å². The van der Waals surface area contributed by atoms with Gasteiger partial charge in [-0.15, -0.1) is 0 Å². The van der Waals surface area contributed by atoms with Crippen LogP contribution in [-0.2, 0) is 13.1 Å². The number of carbonyl (C=O) groups is 1. The molecular weight excluding hydrogens is 370 g/mol. The highest BCUT2D eigenvalue weighted by atomic mass is 16.1. The Hall–Kier alpha value is -3.37. The van der Waals surface area contributed by atoms with E-state index >= 15 is 0 Å². The van der Waals surface area contributed by atoms with Crippen LogP contribution in [0, 0.1) is 0 Å². The Morgan fingerprint density at radius 2 is 1.63 bits per heavy atom. The number of nitrogens with zero attached hydrogens (tertiary/aromatic N) is 1. The summed E-state index contributed by atoms with van der Waals surface area (Å²) in [6, 6.07) is 26.9. The summed E-state index contributed by atoms with van der Waals surface area (Å²) in [7, 11) is 0. The minimum atomic E-state index is 0.0184. The van der Waals surface area contributed by atoms with E-state index in [0.717, 1.165) is 36.1 Å². The highest BCUT2D eigenvalue weighted by Crippen LogP contribution is 2.33. The van der Waals surface area contributed by atoms with Crippen LogP contribution in [0.15, 0.2) is 85.1 Å². The first-order valence-electron chi connectivity index (χ1n) is 10.5. The van der Waals surface area contributed by atoms with Gasteiger partial charge >= 0.3 is 0 Å². The summed E-state index contributed by atoms with van der Waals surface area (Å²) >= 11 is 0. The molecule has 1 aromatic heterocycles. The monoisotopic (exact) mass is 395 g/mol. The Bertz CT molecular complexity index is 1170. The lowest BCUT2D eigenvalue weighted by Crippen LogP contribution is -2.31. The van der Waals surface area contributed by atoms with Crippen molar-refractivity contribution in [1.82, 2.24) is 15.2 Å². The van der Waals surface area contributed by atoms with Crippen molar-refractivity contribution in [2.24, 2.45) is 0 Å². The third-order valence-electron chi connectivity index (χ3n) is 5.89. The number of hydrogen-bond donors (Lipinski definition) is 2. The molecule has 4 nitrogen and oxygen atoms in total. The third kappa shape index (κ3) is 3.62. The second-order valence-electron chi connectivity index (χ2n) is 7.92. The van der Waals surface area contributed by atoms with Crippen LogP contribution in [0.1, 0.15) is 33.0 Å². The molecule has 1 aliphatic rings. The predicted octanol–water partition coefficient (Wildman–Crippen LogP) is 4.31. The van der Waals surface area contributed by atoms with Gasteiger partial charge in [-0.25, -0.2) is 0 Å². The summed E-state index contributed by atoms with van der Waals surface area (Å²) in [5.74, 6) is 0.241. The normalized spacial score (nSPS) is 15.7. The van der Waals surface area contributed by atoms with E-state index in [1.807, 2.05) is 24.3 Å². The third-order valence-corrected chi connectivity index (χ3v) is 5.89. The summed E-state index contributed by atoms with van der Waals surface area (Å²) in [5.41, 5.74) is 5.67. The van der Waals surface area contributed by atoms with E-state index in [9.17, 15) is 4.79 Å². The van der Waals surface area contributed by atoms with Gasteiger partial charge in [0, 0.05) is 54.8 Å². The van der Waals surface area contributed by atoms with Crippen molar-refractivity contribution < 1.29 is 4.79 Å². The first kappa shape index (κ1) is 18.6. The van der Waals surface area contributed by atoms with Gasteiger partial charge in [-0.2, -0.15) is 0 Å². The minimum Gasteiger partial charge on any atom is -0.351 e. The molecule has 0 saturated heterocycles. The van der Waals surface area contributed by atoms with Crippen LogP contribution >= 0.6 is 0 Å². The molecule has 1 amide bonds. The molecule has 0 spiro atoms. The van der Waals surface area contributed by atoms with Crippen molar-refractivity contribution >= 4 is 16.8 Å². The van der Waals surface area contributed by atoms with Crippen molar-refractivity contribution in [1.29, 1.82) is 0 Å². The zero-order valence-corrected chi connectivity index (χ0v) is 16.8. The largest absolute Gasteiger partial charge is 0.351 e. The van der Waals surface area contributed by atoms with Gasteiger partial charge < -0.3 is 15.2 Å². The first-order valence-corrected chi connectivity index (χ1v) is 10.5. The lowest BCUT2D eigenvalue weighted by molar-refractivity contribution is 0.0954. The fraction of sp³-hybridized carbons (Fsp3) is 0.192. The molecule has 30 heavy (non-hydrogen) atoms. The van der Waals surface area contributed by atoms with Crippen molar-refractivity contribution in [2.45, 2.75) is 19.0 Å². The van der Waals surface area contributed by atoms with Crippen LogP contribution < -0.4 is 10.6 Å². The van der Waals surface area contributed by atoms with Gasteiger partial charge in [0.25, 0.3) is 5.91 Å². The molecular formula is C26H25N3O. The minimum absolute atomic E-state index is 0.0184. The Kier molecular flexibility index (Phi) is 5.08. The van der Waals surface area contributed by atoms with Crippen molar-refractivity contribution in [3.8, 4) is 0 Å². The van der Waals surface area contributed by atoms with Crippen LogP contribution in [0.3, 0.4) is 0 Å². The molecule has 0 saturated carbocycles. The molecule has 3 aromatic carbocycles. The molecule has 0 fully saturated rings. The number of carbonyl (C=O) groups excluding carboxylic acids is 1. The fourth-order valence-electron chi connectivity index (χ4n) is 4.38. The summed E-state index contributed by atoms with van der Waals surface area (Å²) in [6.07, 6.45) is 2.25. The average Bonchev–Trinajstić information content (AvgIpc) is 3.09. The molecule has 5 rings (SSSR count). The van der Waals surface area contributed by atoms with Gasteiger partial charge in [0.05, 0.1) is 0 Å². The summed E-state index contributed by atoms with van der Waals surface area (Å²) in [4.78, 5) is 12.8. The van der Waals surface area contributed by atoms with E-state index < -0.39 is 0 Å². The van der Waals surface area contributed by atoms with Gasteiger partial charge in [0.1, 0.15) is 0 Å². The number of aromatic nitrogens is 1. The summed E-state index contributed by atoms with van der Waals surface area (Å²) < 4.78 is 2.28.